The molecular formula is C26H25NO6S. The monoisotopic (exact) mass is 479 g/mol. The summed E-state index contributed by atoms with van der Waals surface area (Å²) >= 11 is 0. The van der Waals surface area contributed by atoms with Gasteiger partial charge < -0.3 is 9.47 Å². The first-order chi connectivity index (χ1) is 16.3. The van der Waals surface area contributed by atoms with Crippen LogP contribution in [0.5, 0.6) is 5.75 Å². The van der Waals surface area contributed by atoms with Crippen molar-refractivity contribution in [2.45, 2.75) is 18.2 Å². The Labute approximate surface area is 199 Å². The molecule has 0 saturated heterocycles. The largest absolute Gasteiger partial charge is 0.497 e. The highest BCUT2D eigenvalue weighted by Gasteiger charge is 2.14. The fourth-order valence-electron chi connectivity index (χ4n) is 2.99. The lowest BCUT2D eigenvalue weighted by Gasteiger charge is -2.09. The maximum atomic E-state index is 12.6. The van der Waals surface area contributed by atoms with Gasteiger partial charge in [0.05, 0.1) is 12.0 Å². The van der Waals surface area contributed by atoms with Crippen LogP contribution in [-0.4, -0.2) is 33.9 Å². The number of esters is 1. The van der Waals surface area contributed by atoms with Crippen LogP contribution in [0, 0.1) is 0 Å². The summed E-state index contributed by atoms with van der Waals surface area (Å²) in [6.45, 7) is 1.67. The van der Waals surface area contributed by atoms with E-state index in [4.69, 9.17) is 9.47 Å². The lowest BCUT2D eigenvalue weighted by Crippen LogP contribution is -2.13. The van der Waals surface area contributed by atoms with Crippen molar-refractivity contribution in [3.05, 3.63) is 95.6 Å². The second-order valence-electron chi connectivity index (χ2n) is 7.32. The number of nitrogens with one attached hydrogen (secondary N) is 1. The third-order valence-corrected chi connectivity index (χ3v) is 6.37. The number of carbonyl (C=O) groups excluding carboxylic acids is 2. The SMILES string of the molecule is CCc1ccc(C(=O)COC(=O)/C=C/c2ccc(S(=O)(=O)Nc3ccc(OC)cc3)cc2)cc1. The topological polar surface area (TPSA) is 98.8 Å². The number of sulfonamides is 1. The Morgan fingerprint density at radius 2 is 1.56 bits per heavy atom. The zero-order valence-electron chi connectivity index (χ0n) is 18.9. The van der Waals surface area contributed by atoms with E-state index in [9.17, 15) is 18.0 Å². The van der Waals surface area contributed by atoms with Gasteiger partial charge >= 0.3 is 5.97 Å². The number of hydrogen-bond donors (Lipinski definition) is 1. The van der Waals surface area contributed by atoms with Gasteiger partial charge in [0.2, 0.25) is 0 Å². The van der Waals surface area contributed by atoms with E-state index in [1.54, 1.807) is 48.5 Å². The van der Waals surface area contributed by atoms with Gasteiger partial charge in [0, 0.05) is 17.3 Å². The Hall–Kier alpha value is -3.91. The fraction of sp³-hybridized carbons (Fsp3) is 0.154. The molecule has 34 heavy (non-hydrogen) atoms. The maximum absolute atomic E-state index is 12.6. The minimum atomic E-state index is -3.77. The molecule has 3 rings (SSSR count). The van der Waals surface area contributed by atoms with Crippen LogP contribution in [0.2, 0.25) is 0 Å². The molecule has 0 bridgehead atoms. The lowest BCUT2D eigenvalue weighted by atomic mass is 10.1. The van der Waals surface area contributed by atoms with Crippen LogP contribution in [0.1, 0.15) is 28.4 Å². The third kappa shape index (κ3) is 6.79. The van der Waals surface area contributed by atoms with Crippen LogP contribution < -0.4 is 9.46 Å². The van der Waals surface area contributed by atoms with Gasteiger partial charge in [0.15, 0.2) is 12.4 Å². The highest BCUT2D eigenvalue weighted by atomic mass is 32.2. The second-order valence-corrected chi connectivity index (χ2v) is 9.00. The average molecular weight is 480 g/mol. The number of aryl methyl sites for hydroxylation is 1. The van der Waals surface area contributed by atoms with Gasteiger partial charge in [-0.15, -0.1) is 0 Å². The molecule has 0 heterocycles. The Morgan fingerprint density at radius 1 is 0.912 bits per heavy atom. The van der Waals surface area contributed by atoms with Crippen molar-refractivity contribution in [2.24, 2.45) is 0 Å². The van der Waals surface area contributed by atoms with Gasteiger partial charge in [-0.2, -0.15) is 0 Å². The van der Waals surface area contributed by atoms with Gasteiger partial charge in [-0.1, -0.05) is 43.3 Å². The number of hydrogen-bond acceptors (Lipinski definition) is 6. The van der Waals surface area contributed by atoms with Crippen molar-refractivity contribution in [3.63, 3.8) is 0 Å². The van der Waals surface area contributed by atoms with Crippen LogP contribution in [0.4, 0.5) is 5.69 Å². The van der Waals surface area contributed by atoms with E-state index in [0.717, 1.165) is 12.0 Å². The minimum Gasteiger partial charge on any atom is -0.497 e. The molecule has 176 valence electrons. The number of anilines is 1. The fourth-order valence-corrected chi connectivity index (χ4v) is 4.05. The Morgan fingerprint density at radius 3 is 2.15 bits per heavy atom. The molecule has 3 aromatic rings. The first-order valence-corrected chi connectivity index (χ1v) is 12.0. The van der Waals surface area contributed by atoms with Crippen LogP contribution in [0.3, 0.4) is 0 Å². The van der Waals surface area contributed by atoms with Crippen molar-refractivity contribution >= 4 is 33.5 Å². The van der Waals surface area contributed by atoms with Gasteiger partial charge in [0.1, 0.15) is 5.75 Å². The van der Waals surface area contributed by atoms with Gasteiger partial charge in [0.25, 0.3) is 10.0 Å². The smallest absolute Gasteiger partial charge is 0.331 e. The highest BCUT2D eigenvalue weighted by Crippen LogP contribution is 2.20. The molecular weight excluding hydrogens is 454 g/mol. The van der Waals surface area contributed by atoms with Crippen LogP contribution in [0.25, 0.3) is 6.08 Å². The molecule has 0 unspecified atom stereocenters. The first-order valence-electron chi connectivity index (χ1n) is 10.5. The number of benzene rings is 3. The molecule has 7 nitrogen and oxygen atoms in total. The van der Waals surface area contributed by atoms with Gasteiger partial charge in [-0.25, -0.2) is 13.2 Å². The van der Waals surface area contributed by atoms with Crippen molar-refractivity contribution in [3.8, 4) is 5.75 Å². The summed E-state index contributed by atoms with van der Waals surface area (Å²) < 4.78 is 37.7. The third-order valence-electron chi connectivity index (χ3n) is 4.97. The molecule has 0 aliphatic carbocycles. The van der Waals surface area contributed by atoms with Gasteiger partial charge in [-0.3, -0.25) is 9.52 Å². The summed E-state index contributed by atoms with van der Waals surface area (Å²) in [6, 6.07) is 19.7. The van der Waals surface area contributed by atoms with E-state index in [1.165, 1.54) is 31.4 Å². The van der Waals surface area contributed by atoms with Crippen LogP contribution in [-0.2, 0) is 26.0 Å². The Kier molecular flexibility index (Phi) is 8.21. The standard InChI is InChI=1S/C26H25NO6S/c1-3-19-4-9-21(10-5-19)25(28)18-33-26(29)17-8-20-6-15-24(16-7-20)34(30,31)27-22-11-13-23(32-2)14-12-22/h4-17,27H,3,18H2,1-2H3/b17-8+. The Balaban J connectivity index is 1.54. The van der Waals surface area contributed by atoms with E-state index in [2.05, 4.69) is 4.72 Å². The summed E-state index contributed by atoms with van der Waals surface area (Å²) in [7, 11) is -2.25. The molecule has 0 aliphatic heterocycles. The zero-order valence-corrected chi connectivity index (χ0v) is 19.7. The normalized spacial score (nSPS) is 11.2. The molecule has 1 N–H and O–H groups in total. The number of Topliss-reactive ketones (excluding diaryl/α,β-unsaturated/α-hetero) is 1. The summed E-state index contributed by atoms with van der Waals surface area (Å²) in [5.74, 6) is -0.340. The maximum Gasteiger partial charge on any atom is 0.331 e. The lowest BCUT2D eigenvalue weighted by molar-refractivity contribution is -0.136. The van der Waals surface area contributed by atoms with Crippen LogP contribution >= 0.6 is 0 Å². The molecule has 0 saturated carbocycles. The zero-order chi connectivity index (χ0) is 24.6. The number of methoxy groups -OCH3 is 1. The van der Waals surface area contributed by atoms with E-state index in [-0.39, 0.29) is 17.3 Å². The van der Waals surface area contributed by atoms with Crippen molar-refractivity contribution in [1.29, 1.82) is 0 Å². The number of ketones is 1. The highest BCUT2D eigenvalue weighted by molar-refractivity contribution is 7.92. The van der Waals surface area contributed by atoms with E-state index in [0.29, 0.717) is 22.6 Å². The molecule has 0 atom stereocenters. The summed E-state index contributed by atoms with van der Waals surface area (Å²) in [5.41, 5.74) is 2.60. The van der Waals surface area contributed by atoms with Crippen LogP contribution in [0.15, 0.2) is 83.8 Å². The quantitative estimate of drug-likeness (QED) is 0.261. The minimum absolute atomic E-state index is 0.0720. The molecule has 8 heteroatoms. The Bertz CT molecular complexity index is 1260. The number of rotatable bonds is 10. The predicted molar refractivity (Wildman–Crippen MR) is 130 cm³/mol. The molecule has 0 spiro atoms. The number of carbonyl (C=O) groups is 2. The molecule has 0 radical (unpaired) electrons. The van der Waals surface area contributed by atoms with Crippen molar-refractivity contribution in [1.82, 2.24) is 0 Å². The molecule has 0 fully saturated rings. The average Bonchev–Trinajstić information content (AvgIpc) is 2.86. The van der Waals surface area contributed by atoms with Crippen molar-refractivity contribution in [2.75, 3.05) is 18.4 Å². The summed E-state index contributed by atoms with van der Waals surface area (Å²) in [5, 5.41) is 0. The summed E-state index contributed by atoms with van der Waals surface area (Å²) in [4.78, 5) is 24.2. The summed E-state index contributed by atoms with van der Waals surface area (Å²) in [6.07, 6.45) is 3.54. The van der Waals surface area contributed by atoms with Crippen molar-refractivity contribution < 1.29 is 27.5 Å². The second kappa shape index (κ2) is 11.3. The first kappa shape index (κ1) is 24.7. The van der Waals surface area contributed by atoms with E-state index < -0.39 is 16.0 Å². The number of ether oxygens (including phenoxy) is 2. The van der Waals surface area contributed by atoms with E-state index in [1.807, 2.05) is 19.1 Å². The molecule has 0 aromatic heterocycles. The molecule has 0 aliphatic rings. The van der Waals surface area contributed by atoms with E-state index >= 15 is 0 Å². The molecule has 3 aromatic carbocycles. The predicted octanol–water partition coefficient (Wildman–Crippen LogP) is 4.50. The molecule has 0 amide bonds. The van der Waals surface area contributed by atoms with Gasteiger partial charge in [-0.05, 0) is 60.0 Å².